The molecule has 0 spiro atoms. The number of fused-ring (bicyclic) bond motifs is 1. The number of carbonyl (C=O) groups is 1. The van der Waals surface area contributed by atoms with Gasteiger partial charge in [-0.25, -0.2) is 0 Å². The lowest BCUT2D eigenvalue weighted by molar-refractivity contribution is -0.124. The van der Waals surface area contributed by atoms with E-state index in [1.807, 2.05) is 43.3 Å². The van der Waals surface area contributed by atoms with Crippen LogP contribution in [0.2, 0.25) is 0 Å². The molecule has 0 saturated heterocycles. The molecule has 20 heavy (non-hydrogen) atoms. The number of hydrogen-bond acceptors (Lipinski definition) is 4. The topological polar surface area (TPSA) is 61.8 Å². The van der Waals surface area contributed by atoms with Crippen LogP contribution < -0.4 is 10.1 Å². The average molecular weight is 278 g/mol. The lowest BCUT2D eigenvalue weighted by Crippen LogP contribution is -2.48. The molecule has 0 aromatic heterocycles. The van der Waals surface area contributed by atoms with E-state index in [2.05, 4.69) is 5.32 Å². The fraction of sp³-hybridized carbons (Fsp3) is 0.533. The van der Waals surface area contributed by atoms with Crippen molar-refractivity contribution in [2.75, 3.05) is 33.8 Å². The third-order valence-corrected chi connectivity index (χ3v) is 3.32. The van der Waals surface area contributed by atoms with E-state index in [4.69, 9.17) is 4.74 Å². The van der Waals surface area contributed by atoms with Crippen LogP contribution in [0.1, 0.15) is 18.4 Å². The van der Waals surface area contributed by atoms with Gasteiger partial charge in [-0.2, -0.15) is 0 Å². The highest BCUT2D eigenvalue weighted by Crippen LogP contribution is 2.33. The predicted molar refractivity (Wildman–Crippen MR) is 76.9 cm³/mol. The van der Waals surface area contributed by atoms with Gasteiger partial charge >= 0.3 is 0 Å². The molecular weight excluding hydrogens is 256 g/mol. The number of nitrogens with one attached hydrogen (secondary N) is 1. The molecule has 0 bridgehead atoms. The van der Waals surface area contributed by atoms with Crippen molar-refractivity contribution in [2.24, 2.45) is 0 Å². The van der Waals surface area contributed by atoms with Gasteiger partial charge in [0.25, 0.3) is 0 Å². The van der Waals surface area contributed by atoms with Crippen LogP contribution in [-0.2, 0) is 4.79 Å². The maximum Gasteiger partial charge on any atom is 0.231 e. The zero-order valence-electron chi connectivity index (χ0n) is 12.2. The Balaban J connectivity index is 1.94. The zero-order chi connectivity index (χ0) is 14.8. The Kier molecular flexibility index (Phi) is 4.30. The number of nitrogens with zero attached hydrogens (tertiary/aromatic N) is 1. The summed E-state index contributed by atoms with van der Waals surface area (Å²) in [5, 5.41) is 13.0. The number of ether oxygens (including phenoxy) is 1. The van der Waals surface area contributed by atoms with E-state index in [1.165, 1.54) is 0 Å². The maximum absolute atomic E-state index is 12.2. The minimum atomic E-state index is -0.946. The number of aliphatic hydroxyl groups is 1. The number of hydrogen-bond donors (Lipinski definition) is 2. The van der Waals surface area contributed by atoms with E-state index < -0.39 is 5.60 Å². The molecule has 5 nitrogen and oxygen atoms in total. The van der Waals surface area contributed by atoms with Crippen molar-refractivity contribution in [3.05, 3.63) is 29.8 Å². The quantitative estimate of drug-likeness (QED) is 0.827. The van der Waals surface area contributed by atoms with Crippen LogP contribution in [0.25, 0.3) is 0 Å². The molecule has 2 rings (SSSR count). The summed E-state index contributed by atoms with van der Waals surface area (Å²) in [6, 6.07) is 7.56. The van der Waals surface area contributed by atoms with E-state index in [0.29, 0.717) is 13.2 Å². The highest BCUT2D eigenvalue weighted by molar-refractivity contribution is 5.85. The monoisotopic (exact) mass is 278 g/mol. The van der Waals surface area contributed by atoms with Crippen LogP contribution in [0.5, 0.6) is 5.75 Å². The molecule has 0 radical (unpaired) electrons. The maximum atomic E-state index is 12.2. The molecule has 1 aliphatic heterocycles. The summed E-state index contributed by atoms with van der Waals surface area (Å²) in [5.74, 6) is 0.378. The molecule has 0 saturated carbocycles. The Morgan fingerprint density at radius 2 is 2.20 bits per heavy atom. The fourth-order valence-electron chi connectivity index (χ4n) is 2.52. The van der Waals surface area contributed by atoms with Crippen LogP contribution >= 0.6 is 0 Å². The summed E-state index contributed by atoms with van der Waals surface area (Å²) in [6.45, 7) is 2.79. The van der Waals surface area contributed by atoms with Crippen LogP contribution in [0.4, 0.5) is 0 Å². The molecule has 1 aromatic rings. The minimum Gasteiger partial charge on any atom is -0.492 e. The Bertz CT molecular complexity index is 486. The third kappa shape index (κ3) is 3.49. The Labute approximate surface area is 119 Å². The highest BCUT2D eigenvalue weighted by Gasteiger charge is 2.31. The van der Waals surface area contributed by atoms with E-state index in [1.54, 1.807) is 6.92 Å². The molecule has 2 unspecified atom stereocenters. The number of amides is 1. The van der Waals surface area contributed by atoms with Crippen molar-refractivity contribution in [1.29, 1.82) is 0 Å². The summed E-state index contributed by atoms with van der Waals surface area (Å²) in [6.07, 6.45) is 0. The molecule has 1 aliphatic rings. The number of para-hydroxylation sites is 1. The first-order valence-corrected chi connectivity index (χ1v) is 6.75. The summed E-state index contributed by atoms with van der Waals surface area (Å²) >= 11 is 0. The number of carbonyl (C=O) groups excluding carboxylic acids is 1. The first-order valence-electron chi connectivity index (χ1n) is 6.75. The highest BCUT2D eigenvalue weighted by atomic mass is 16.5. The van der Waals surface area contributed by atoms with E-state index in [0.717, 1.165) is 11.3 Å². The number of benzene rings is 1. The molecule has 2 N–H and O–H groups in total. The smallest absolute Gasteiger partial charge is 0.231 e. The first-order chi connectivity index (χ1) is 9.39. The van der Waals surface area contributed by atoms with Crippen LogP contribution in [0, 0.1) is 0 Å². The van der Waals surface area contributed by atoms with Crippen molar-refractivity contribution in [3.63, 3.8) is 0 Å². The standard InChI is InChI=1S/C15H22N2O3/c1-15(19,10-17(2)3)9-16-14(18)12-8-20-13-7-5-4-6-11(12)13/h4-7,12,19H,8-10H2,1-3H3,(H,16,18). The summed E-state index contributed by atoms with van der Waals surface area (Å²) in [5.41, 5.74) is -0.0322. The van der Waals surface area contributed by atoms with Gasteiger partial charge in [-0.05, 0) is 27.1 Å². The molecule has 110 valence electrons. The van der Waals surface area contributed by atoms with E-state index >= 15 is 0 Å². The summed E-state index contributed by atoms with van der Waals surface area (Å²) in [4.78, 5) is 14.1. The van der Waals surface area contributed by atoms with Crippen LogP contribution in [-0.4, -0.2) is 55.3 Å². The molecule has 1 amide bonds. The Hall–Kier alpha value is -1.59. The predicted octanol–water partition coefficient (Wildman–Crippen LogP) is 0.591. The Morgan fingerprint density at radius 1 is 1.50 bits per heavy atom. The van der Waals surface area contributed by atoms with Gasteiger partial charge < -0.3 is 20.1 Å². The lowest BCUT2D eigenvalue weighted by Gasteiger charge is -2.27. The van der Waals surface area contributed by atoms with Crippen molar-refractivity contribution >= 4 is 5.91 Å². The summed E-state index contributed by atoms with van der Waals surface area (Å²) in [7, 11) is 3.77. The minimum absolute atomic E-state index is 0.103. The SMILES string of the molecule is CN(C)CC(C)(O)CNC(=O)C1COc2ccccc21. The normalized spacial score (nSPS) is 20.1. The van der Waals surface area contributed by atoms with Gasteiger partial charge in [-0.1, -0.05) is 18.2 Å². The molecule has 0 aliphatic carbocycles. The lowest BCUT2D eigenvalue weighted by atomic mass is 10.00. The van der Waals surface area contributed by atoms with Crippen molar-refractivity contribution in [2.45, 2.75) is 18.4 Å². The number of likely N-dealkylation sites (N-methyl/N-ethyl adjacent to an activating group) is 1. The molecule has 1 aromatic carbocycles. The van der Waals surface area contributed by atoms with Gasteiger partial charge in [-0.3, -0.25) is 4.79 Å². The van der Waals surface area contributed by atoms with Gasteiger partial charge in [0.15, 0.2) is 0 Å². The van der Waals surface area contributed by atoms with Crippen LogP contribution in [0.15, 0.2) is 24.3 Å². The molecule has 1 heterocycles. The van der Waals surface area contributed by atoms with Gasteiger partial charge in [0.05, 0.1) is 5.60 Å². The fourth-order valence-corrected chi connectivity index (χ4v) is 2.52. The number of rotatable bonds is 5. The average Bonchev–Trinajstić information content (AvgIpc) is 2.78. The molecule has 2 atom stereocenters. The van der Waals surface area contributed by atoms with E-state index in [9.17, 15) is 9.90 Å². The first kappa shape index (κ1) is 14.8. The second-order valence-electron chi connectivity index (χ2n) is 5.85. The van der Waals surface area contributed by atoms with Gasteiger partial charge in [0.2, 0.25) is 5.91 Å². The molecule has 0 fully saturated rings. The molecular formula is C15H22N2O3. The molecule has 5 heteroatoms. The third-order valence-electron chi connectivity index (χ3n) is 3.32. The zero-order valence-corrected chi connectivity index (χ0v) is 12.2. The van der Waals surface area contributed by atoms with Gasteiger partial charge in [0, 0.05) is 18.7 Å². The largest absolute Gasteiger partial charge is 0.492 e. The van der Waals surface area contributed by atoms with E-state index in [-0.39, 0.29) is 18.4 Å². The van der Waals surface area contributed by atoms with Crippen LogP contribution in [0.3, 0.4) is 0 Å². The van der Waals surface area contributed by atoms with Crippen molar-refractivity contribution in [3.8, 4) is 5.75 Å². The second kappa shape index (κ2) is 5.81. The Morgan fingerprint density at radius 3 is 2.90 bits per heavy atom. The van der Waals surface area contributed by atoms with Crippen molar-refractivity contribution in [1.82, 2.24) is 10.2 Å². The van der Waals surface area contributed by atoms with Crippen molar-refractivity contribution < 1.29 is 14.6 Å². The summed E-state index contributed by atoms with van der Waals surface area (Å²) < 4.78 is 5.50. The van der Waals surface area contributed by atoms with Gasteiger partial charge in [-0.15, -0.1) is 0 Å². The second-order valence-corrected chi connectivity index (χ2v) is 5.85. The van der Waals surface area contributed by atoms with Gasteiger partial charge in [0.1, 0.15) is 18.3 Å².